The number of allylic oxidation sites excluding steroid dienone is 2. The van der Waals surface area contributed by atoms with E-state index in [1.807, 2.05) is 0 Å². The molecule has 0 aromatic carbocycles. The zero-order valence-corrected chi connectivity index (χ0v) is 16.9. The molecule has 134 valence electrons. The van der Waals surface area contributed by atoms with Crippen LogP contribution in [0, 0.1) is 34.5 Å². The van der Waals surface area contributed by atoms with Crippen LogP contribution in [0.25, 0.3) is 0 Å². The van der Waals surface area contributed by atoms with Crippen molar-refractivity contribution in [2.45, 2.75) is 78.2 Å². The van der Waals surface area contributed by atoms with E-state index in [2.05, 4.69) is 35.9 Å². The average Bonchev–Trinajstić information content (AvgIpc) is 2.83. The summed E-state index contributed by atoms with van der Waals surface area (Å²) in [6, 6.07) is 0. The maximum Gasteiger partial charge on any atom is 0.302 e. The Labute approximate surface area is 154 Å². The fourth-order valence-corrected chi connectivity index (χ4v) is 7.75. The minimum absolute atomic E-state index is 0.104. The van der Waals surface area contributed by atoms with Crippen LogP contribution < -0.4 is 0 Å². The molecular weight excluding hydrogens is 364 g/mol. The highest BCUT2D eigenvalue weighted by atomic mass is 79.9. The number of carbonyl (C=O) groups is 1. The largest absolute Gasteiger partial charge is 0.463 e. The molecule has 3 fully saturated rings. The number of rotatable bonds is 1. The summed E-state index contributed by atoms with van der Waals surface area (Å²) in [6.45, 7) is 6.61. The highest BCUT2D eigenvalue weighted by Gasteiger charge is 2.58. The van der Waals surface area contributed by atoms with Crippen LogP contribution in [0.3, 0.4) is 0 Å². The smallest absolute Gasteiger partial charge is 0.302 e. The molecule has 0 bridgehead atoms. The minimum Gasteiger partial charge on any atom is -0.463 e. The van der Waals surface area contributed by atoms with E-state index in [0.717, 1.165) is 36.5 Å². The first-order valence-corrected chi connectivity index (χ1v) is 10.7. The maximum absolute atomic E-state index is 11.3. The van der Waals surface area contributed by atoms with Gasteiger partial charge in [-0.3, -0.25) is 4.79 Å². The number of halogens is 1. The van der Waals surface area contributed by atoms with Gasteiger partial charge in [0.15, 0.2) is 0 Å². The van der Waals surface area contributed by atoms with Crippen molar-refractivity contribution in [1.29, 1.82) is 0 Å². The number of hydrogen-bond acceptors (Lipinski definition) is 2. The minimum atomic E-state index is -0.104. The second kappa shape index (κ2) is 5.86. The lowest BCUT2D eigenvalue weighted by Gasteiger charge is -2.60. The normalized spacial score (nSPS) is 50.3. The van der Waals surface area contributed by atoms with E-state index < -0.39 is 0 Å². The summed E-state index contributed by atoms with van der Waals surface area (Å²) in [4.78, 5) is 11.3. The van der Waals surface area contributed by atoms with Gasteiger partial charge >= 0.3 is 5.97 Å². The van der Waals surface area contributed by atoms with Crippen LogP contribution in [0.2, 0.25) is 0 Å². The Balaban J connectivity index is 1.54. The van der Waals surface area contributed by atoms with Gasteiger partial charge in [0.05, 0.1) is 0 Å². The molecule has 0 aromatic heterocycles. The first-order chi connectivity index (χ1) is 11.3. The Morgan fingerprint density at radius 2 is 1.96 bits per heavy atom. The van der Waals surface area contributed by atoms with Gasteiger partial charge in [-0.25, -0.2) is 0 Å². The van der Waals surface area contributed by atoms with Gasteiger partial charge in [-0.15, -0.1) is 0 Å². The summed E-state index contributed by atoms with van der Waals surface area (Å²) in [5, 5.41) is 0. The SMILES string of the molecule is CC(=O)O[C@H]1CC[C@@]2(C)[C@@H](CC[C@@H]3[C@@H]2CC[C@]2(C)C(Br)=CC[C@@H]32)C1. The molecule has 0 amide bonds. The third kappa shape index (κ3) is 2.44. The second-order valence-corrected chi connectivity index (χ2v) is 10.3. The number of carbonyl (C=O) groups excluding carboxylic acids is 1. The van der Waals surface area contributed by atoms with Crippen molar-refractivity contribution in [1.82, 2.24) is 0 Å². The third-order valence-electron chi connectivity index (χ3n) is 8.44. The summed E-state index contributed by atoms with van der Waals surface area (Å²) in [7, 11) is 0. The van der Waals surface area contributed by atoms with Crippen LogP contribution >= 0.6 is 15.9 Å². The quantitative estimate of drug-likeness (QED) is 0.521. The molecule has 4 aliphatic rings. The van der Waals surface area contributed by atoms with Crippen molar-refractivity contribution in [3.8, 4) is 0 Å². The number of fused-ring (bicyclic) bond motifs is 5. The van der Waals surface area contributed by atoms with Gasteiger partial charge in [-0.1, -0.05) is 35.9 Å². The highest BCUT2D eigenvalue weighted by molar-refractivity contribution is 9.11. The molecule has 0 saturated heterocycles. The number of esters is 1. The lowest BCUT2D eigenvalue weighted by atomic mass is 9.45. The van der Waals surface area contributed by atoms with E-state index in [9.17, 15) is 4.79 Å². The Morgan fingerprint density at radius 3 is 2.71 bits per heavy atom. The molecule has 7 atom stereocenters. The molecule has 0 radical (unpaired) electrons. The molecule has 3 heteroatoms. The summed E-state index contributed by atoms with van der Waals surface area (Å²) in [6.07, 6.45) is 12.8. The molecule has 4 rings (SSSR count). The lowest BCUT2D eigenvalue weighted by molar-refractivity contribution is -0.158. The first kappa shape index (κ1) is 17.1. The molecule has 24 heavy (non-hydrogen) atoms. The van der Waals surface area contributed by atoms with E-state index in [-0.39, 0.29) is 12.1 Å². The average molecular weight is 395 g/mol. The van der Waals surface area contributed by atoms with Crippen LogP contribution in [-0.4, -0.2) is 12.1 Å². The van der Waals surface area contributed by atoms with E-state index in [1.165, 1.54) is 43.0 Å². The van der Waals surface area contributed by atoms with Crippen LogP contribution in [-0.2, 0) is 9.53 Å². The van der Waals surface area contributed by atoms with E-state index in [1.54, 1.807) is 6.92 Å². The van der Waals surface area contributed by atoms with Crippen LogP contribution in [0.4, 0.5) is 0 Å². The molecule has 0 unspecified atom stereocenters. The van der Waals surface area contributed by atoms with Crippen molar-refractivity contribution in [3.05, 3.63) is 10.6 Å². The van der Waals surface area contributed by atoms with Gasteiger partial charge < -0.3 is 4.74 Å². The molecule has 0 aliphatic heterocycles. The van der Waals surface area contributed by atoms with Gasteiger partial charge in [0.1, 0.15) is 6.10 Å². The summed E-state index contributed by atoms with van der Waals surface area (Å²) in [5.41, 5.74) is 0.870. The molecule has 3 saturated carbocycles. The van der Waals surface area contributed by atoms with E-state index in [4.69, 9.17) is 4.74 Å². The summed E-state index contributed by atoms with van der Waals surface area (Å²) < 4.78 is 7.04. The topological polar surface area (TPSA) is 26.3 Å². The van der Waals surface area contributed by atoms with Crippen LogP contribution in [0.15, 0.2) is 10.6 Å². The predicted molar refractivity (Wildman–Crippen MR) is 99.7 cm³/mol. The fraction of sp³-hybridized carbons (Fsp3) is 0.857. The van der Waals surface area contributed by atoms with Gasteiger partial charge in [-0.05, 0) is 84.9 Å². The Kier molecular flexibility index (Phi) is 4.18. The molecular formula is C21H31BrO2. The standard InChI is InChI=1S/C21H31BrO2/c1-13(23)24-15-8-10-20(2)14(12-15)4-5-16-17-6-7-19(22)21(17,3)11-9-18(16)20/h7,14-18H,4-6,8-12H2,1-3H3/t14-,15-,16-,17-,18-,20-,21-/m0/s1. The maximum atomic E-state index is 11.3. The second-order valence-electron chi connectivity index (χ2n) is 9.41. The van der Waals surface area contributed by atoms with Gasteiger partial charge in [0.25, 0.3) is 0 Å². The molecule has 0 aromatic rings. The van der Waals surface area contributed by atoms with Gasteiger partial charge in [-0.2, -0.15) is 0 Å². The van der Waals surface area contributed by atoms with Crippen molar-refractivity contribution < 1.29 is 9.53 Å². The molecule has 4 aliphatic carbocycles. The molecule has 0 spiro atoms. The monoisotopic (exact) mass is 394 g/mol. The van der Waals surface area contributed by atoms with E-state index >= 15 is 0 Å². The van der Waals surface area contributed by atoms with Gasteiger partial charge in [0, 0.05) is 12.3 Å². The zero-order valence-electron chi connectivity index (χ0n) is 15.3. The van der Waals surface area contributed by atoms with Gasteiger partial charge in [0.2, 0.25) is 0 Å². The zero-order chi connectivity index (χ0) is 17.1. The summed E-state index contributed by atoms with van der Waals surface area (Å²) in [5.74, 6) is 3.25. The van der Waals surface area contributed by atoms with E-state index in [0.29, 0.717) is 10.8 Å². The Hall–Kier alpha value is -0.310. The Bertz CT molecular complexity index is 570. The third-order valence-corrected chi connectivity index (χ3v) is 9.67. The van der Waals surface area contributed by atoms with Crippen molar-refractivity contribution in [2.75, 3.05) is 0 Å². The molecule has 0 N–H and O–H groups in total. The molecule has 0 heterocycles. The molecule has 2 nitrogen and oxygen atoms in total. The van der Waals surface area contributed by atoms with Crippen molar-refractivity contribution >= 4 is 21.9 Å². The van der Waals surface area contributed by atoms with Crippen molar-refractivity contribution in [2.24, 2.45) is 34.5 Å². The first-order valence-electron chi connectivity index (χ1n) is 9.88. The fourth-order valence-electron chi connectivity index (χ4n) is 7.08. The predicted octanol–water partition coefficient (Wildman–Crippen LogP) is 5.85. The number of hydrogen-bond donors (Lipinski definition) is 0. The lowest BCUT2D eigenvalue weighted by Crippen LogP contribution is -2.53. The van der Waals surface area contributed by atoms with Crippen LogP contribution in [0.1, 0.15) is 72.1 Å². The Morgan fingerprint density at radius 1 is 1.17 bits per heavy atom. The number of ether oxygens (including phenoxy) is 1. The summed E-state index contributed by atoms with van der Waals surface area (Å²) >= 11 is 3.88. The highest BCUT2D eigenvalue weighted by Crippen LogP contribution is 2.67. The van der Waals surface area contributed by atoms with Crippen molar-refractivity contribution in [3.63, 3.8) is 0 Å². The van der Waals surface area contributed by atoms with Crippen LogP contribution in [0.5, 0.6) is 0 Å².